The van der Waals surface area contributed by atoms with Crippen LogP contribution in [0.15, 0.2) is 12.1 Å². The molecule has 0 fully saturated rings. The fraction of sp³-hybridized carbons (Fsp3) is 0.571. The standard InChI is InChI=1S/C14H19F3O2/c1-9-6-11(3)12(7-10(9)2)13(18)4-5-19-8-14(15,16)17/h6-7,13,18H,4-5,8H2,1-3H3. The average molecular weight is 276 g/mol. The van der Waals surface area contributed by atoms with Crippen LogP contribution in [0.25, 0.3) is 0 Å². The number of aliphatic hydroxyl groups is 1. The topological polar surface area (TPSA) is 29.5 Å². The van der Waals surface area contributed by atoms with Gasteiger partial charge in [-0.15, -0.1) is 0 Å². The minimum absolute atomic E-state index is 0.118. The van der Waals surface area contributed by atoms with Gasteiger partial charge in [0, 0.05) is 13.0 Å². The molecule has 0 aromatic heterocycles. The minimum atomic E-state index is -4.32. The summed E-state index contributed by atoms with van der Waals surface area (Å²) in [5, 5.41) is 9.98. The SMILES string of the molecule is Cc1cc(C)c(C(O)CCOCC(F)(F)F)cc1C. The summed E-state index contributed by atoms with van der Waals surface area (Å²) in [6.07, 6.45) is -4.96. The van der Waals surface area contributed by atoms with Gasteiger partial charge in [0.15, 0.2) is 0 Å². The van der Waals surface area contributed by atoms with Crippen molar-refractivity contribution in [2.75, 3.05) is 13.2 Å². The summed E-state index contributed by atoms with van der Waals surface area (Å²) in [5.41, 5.74) is 3.86. The maximum absolute atomic E-state index is 11.9. The molecule has 1 unspecified atom stereocenters. The number of hydrogen-bond acceptors (Lipinski definition) is 2. The number of aryl methyl sites for hydroxylation is 3. The zero-order chi connectivity index (χ0) is 14.6. The molecule has 0 aliphatic rings. The van der Waals surface area contributed by atoms with E-state index in [-0.39, 0.29) is 13.0 Å². The summed E-state index contributed by atoms with van der Waals surface area (Å²) < 4.78 is 40.1. The molecule has 0 amide bonds. The Balaban J connectivity index is 2.54. The summed E-state index contributed by atoms with van der Waals surface area (Å²) in [5.74, 6) is 0. The van der Waals surface area contributed by atoms with Gasteiger partial charge in [0.25, 0.3) is 0 Å². The molecule has 1 aromatic carbocycles. The number of rotatable bonds is 5. The van der Waals surface area contributed by atoms with Gasteiger partial charge >= 0.3 is 6.18 Å². The maximum atomic E-state index is 11.9. The molecule has 1 atom stereocenters. The number of aliphatic hydroxyl groups excluding tert-OH is 1. The molecule has 19 heavy (non-hydrogen) atoms. The van der Waals surface area contributed by atoms with Gasteiger partial charge in [-0.1, -0.05) is 12.1 Å². The molecule has 1 N–H and O–H groups in total. The third-order valence-electron chi connectivity index (χ3n) is 3.04. The summed E-state index contributed by atoms with van der Waals surface area (Å²) in [6, 6.07) is 3.84. The van der Waals surface area contributed by atoms with Gasteiger partial charge in [-0.05, 0) is 43.0 Å². The van der Waals surface area contributed by atoms with Crippen molar-refractivity contribution in [2.45, 2.75) is 39.5 Å². The van der Waals surface area contributed by atoms with E-state index in [9.17, 15) is 18.3 Å². The zero-order valence-electron chi connectivity index (χ0n) is 11.3. The Morgan fingerprint density at radius 3 is 2.26 bits per heavy atom. The van der Waals surface area contributed by atoms with Gasteiger partial charge in [0.1, 0.15) is 6.61 Å². The highest BCUT2D eigenvalue weighted by atomic mass is 19.4. The lowest BCUT2D eigenvalue weighted by Gasteiger charge is -2.16. The summed E-state index contributed by atoms with van der Waals surface area (Å²) in [7, 11) is 0. The molecule has 2 nitrogen and oxygen atoms in total. The third-order valence-corrected chi connectivity index (χ3v) is 3.04. The second kappa shape index (κ2) is 6.39. The fourth-order valence-electron chi connectivity index (χ4n) is 1.88. The molecule has 0 spiro atoms. The second-order valence-electron chi connectivity index (χ2n) is 4.77. The molecule has 0 saturated heterocycles. The highest BCUT2D eigenvalue weighted by molar-refractivity contribution is 5.37. The van der Waals surface area contributed by atoms with E-state index >= 15 is 0 Å². The summed E-state index contributed by atoms with van der Waals surface area (Å²) in [6.45, 7) is 4.40. The normalized spacial score (nSPS) is 13.6. The van der Waals surface area contributed by atoms with Gasteiger partial charge in [-0.3, -0.25) is 0 Å². The summed E-state index contributed by atoms with van der Waals surface area (Å²) >= 11 is 0. The Morgan fingerprint density at radius 1 is 1.11 bits per heavy atom. The van der Waals surface area contributed by atoms with Crippen LogP contribution >= 0.6 is 0 Å². The Morgan fingerprint density at radius 2 is 1.68 bits per heavy atom. The van der Waals surface area contributed by atoms with Gasteiger partial charge < -0.3 is 9.84 Å². The van der Waals surface area contributed by atoms with Crippen LogP contribution in [0.3, 0.4) is 0 Å². The van der Waals surface area contributed by atoms with Crippen molar-refractivity contribution < 1.29 is 23.0 Å². The number of hydrogen-bond donors (Lipinski definition) is 1. The Labute approximate surface area is 111 Å². The third kappa shape index (κ3) is 5.20. The number of alkyl halides is 3. The van der Waals surface area contributed by atoms with Crippen LogP contribution in [0.5, 0.6) is 0 Å². The van der Waals surface area contributed by atoms with Crippen LogP contribution in [0.1, 0.15) is 34.8 Å². The lowest BCUT2D eigenvalue weighted by molar-refractivity contribution is -0.175. The van der Waals surface area contributed by atoms with Gasteiger partial charge in [-0.2, -0.15) is 13.2 Å². The van der Waals surface area contributed by atoms with E-state index in [0.717, 1.165) is 22.3 Å². The van der Waals surface area contributed by atoms with Crippen molar-refractivity contribution in [3.63, 3.8) is 0 Å². The van der Waals surface area contributed by atoms with Crippen molar-refractivity contribution in [3.05, 3.63) is 34.4 Å². The molecule has 1 aromatic rings. The van der Waals surface area contributed by atoms with Crippen LogP contribution < -0.4 is 0 Å². The molecule has 0 saturated carbocycles. The van der Waals surface area contributed by atoms with Crippen molar-refractivity contribution in [3.8, 4) is 0 Å². The van der Waals surface area contributed by atoms with Crippen LogP contribution in [0.4, 0.5) is 13.2 Å². The van der Waals surface area contributed by atoms with Crippen molar-refractivity contribution in [2.24, 2.45) is 0 Å². The highest BCUT2D eigenvalue weighted by Crippen LogP contribution is 2.24. The molecule has 0 heterocycles. The molecular formula is C14H19F3O2. The first-order valence-corrected chi connectivity index (χ1v) is 6.11. The van der Waals surface area contributed by atoms with E-state index in [0.29, 0.717) is 0 Å². The molecule has 0 aliphatic heterocycles. The Bertz CT molecular complexity index is 427. The molecular weight excluding hydrogens is 257 g/mol. The van der Waals surface area contributed by atoms with Crippen LogP contribution in [0.2, 0.25) is 0 Å². The maximum Gasteiger partial charge on any atom is 0.411 e. The van der Waals surface area contributed by atoms with E-state index in [1.807, 2.05) is 32.9 Å². The molecule has 0 aliphatic carbocycles. The van der Waals surface area contributed by atoms with Crippen LogP contribution in [-0.4, -0.2) is 24.5 Å². The van der Waals surface area contributed by atoms with Gasteiger partial charge in [-0.25, -0.2) is 0 Å². The highest BCUT2D eigenvalue weighted by Gasteiger charge is 2.27. The Kier molecular flexibility index (Phi) is 5.38. The fourth-order valence-corrected chi connectivity index (χ4v) is 1.88. The zero-order valence-corrected chi connectivity index (χ0v) is 11.3. The lowest BCUT2D eigenvalue weighted by atomic mass is 9.96. The molecule has 5 heteroatoms. The van der Waals surface area contributed by atoms with E-state index < -0.39 is 18.9 Å². The van der Waals surface area contributed by atoms with Crippen LogP contribution in [-0.2, 0) is 4.74 Å². The largest absolute Gasteiger partial charge is 0.411 e. The minimum Gasteiger partial charge on any atom is -0.388 e. The van der Waals surface area contributed by atoms with Crippen molar-refractivity contribution in [1.29, 1.82) is 0 Å². The van der Waals surface area contributed by atoms with E-state index in [1.54, 1.807) is 0 Å². The van der Waals surface area contributed by atoms with Crippen molar-refractivity contribution in [1.82, 2.24) is 0 Å². The smallest absolute Gasteiger partial charge is 0.388 e. The first kappa shape index (κ1) is 16.0. The number of benzene rings is 1. The quantitative estimate of drug-likeness (QED) is 0.832. The number of halogens is 3. The summed E-state index contributed by atoms with van der Waals surface area (Å²) in [4.78, 5) is 0. The number of ether oxygens (including phenoxy) is 1. The van der Waals surface area contributed by atoms with Gasteiger partial charge in [0.05, 0.1) is 6.10 Å². The van der Waals surface area contributed by atoms with Crippen LogP contribution in [0, 0.1) is 20.8 Å². The average Bonchev–Trinajstić information content (AvgIpc) is 2.28. The van der Waals surface area contributed by atoms with Crippen molar-refractivity contribution >= 4 is 0 Å². The predicted molar refractivity (Wildman–Crippen MR) is 67.1 cm³/mol. The Hall–Kier alpha value is -1.07. The van der Waals surface area contributed by atoms with E-state index in [1.165, 1.54) is 0 Å². The first-order valence-electron chi connectivity index (χ1n) is 6.11. The second-order valence-corrected chi connectivity index (χ2v) is 4.77. The molecule has 1 rings (SSSR count). The van der Waals surface area contributed by atoms with E-state index in [2.05, 4.69) is 4.74 Å². The van der Waals surface area contributed by atoms with E-state index in [4.69, 9.17) is 0 Å². The first-order chi connectivity index (χ1) is 8.70. The molecule has 0 radical (unpaired) electrons. The monoisotopic (exact) mass is 276 g/mol. The lowest BCUT2D eigenvalue weighted by Crippen LogP contribution is -2.18. The predicted octanol–water partition coefficient (Wildman–Crippen LogP) is 3.61. The van der Waals surface area contributed by atoms with Gasteiger partial charge in [0.2, 0.25) is 0 Å². The molecule has 0 bridgehead atoms. The molecule has 108 valence electrons.